The van der Waals surface area contributed by atoms with Crippen molar-refractivity contribution < 1.29 is 9.53 Å². The average Bonchev–Trinajstić information content (AvgIpc) is 3.07. The van der Waals surface area contributed by atoms with Gasteiger partial charge in [0, 0.05) is 43.4 Å². The highest BCUT2D eigenvalue weighted by Crippen LogP contribution is 2.29. The van der Waals surface area contributed by atoms with Gasteiger partial charge in [-0.25, -0.2) is 4.98 Å². The fourth-order valence-corrected chi connectivity index (χ4v) is 3.69. The van der Waals surface area contributed by atoms with Crippen LogP contribution in [-0.2, 0) is 17.8 Å². The van der Waals surface area contributed by atoms with Crippen molar-refractivity contribution in [1.82, 2.24) is 14.5 Å². The van der Waals surface area contributed by atoms with E-state index in [1.165, 1.54) is 12.8 Å². The predicted molar refractivity (Wildman–Crippen MR) is 88.3 cm³/mol. The van der Waals surface area contributed by atoms with Crippen LogP contribution in [0, 0.1) is 11.8 Å². The molecule has 1 aliphatic carbocycles. The van der Waals surface area contributed by atoms with Crippen molar-refractivity contribution >= 4 is 17.2 Å². The molecule has 0 aromatic carbocycles. The van der Waals surface area contributed by atoms with Gasteiger partial charge in [-0.15, -0.1) is 0 Å². The van der Waals surface area contributed by atoms with Crippen LogP contribution in [0.25, 0.3) is 0 Å². The number of thiophene rings is 1. The molecule has 3 heterocycles. The molecule has 2 aliphatic rings. The van der Waals surface area contributed by atoms with Gasteiger partial charge < -0.3 is 14.2 Å². The fraction of sp³-hybridized carbons (Fsp3) is 0.529. The largest absolute Gasteiger partial charge is 0.381 e. The van der Waals surface area contributed by atoms with E-state index in [1.807, 2.05) is 34.1 Å². The molecule has 0 radical (unpaired) electrons. The van der Waals surface area contributed by atoms with Crippen molar-refractivity contribution in [3.8, 4) is 0 Å². The summed E-state index contributed by atoms with van der Waals surface area (Å²) >= 11 is 1.56. The van der Waals surface area contributed by atoms with Crippen molar-refractivity contribution in [2.75, 3.05) is 19.8 Å². The average molecular weight is 331 g/mol. The molecule has 2 aromatic rings. The lowest BCUT2D eigenvalue weighted by molar-refractivity contribution is 0.0571. The molecule has 4 rings (SSSR count). The van der Waals surface area contributed by atoms with Crippen LogP contribution in [0.3, 0.4) is 0 Å². The van der Waals surface area contributed by atoms with Gasteiger partial charge >= 0.3 is 0 Å². The summed E-state index contributed by atoms with van der Waals surface area (Å²) in [5.41, 5.74) is 0.771. The van der Waals surface area contributed by atoms with Gasteiger partial charge in [-0.2, -0.15) is 11.3 Å². The number of aromatic nitrogens is 2. The Labute approximate surface area is 139 Å². The Kier molecular flexibility index (Phi) is 4.18. The Morgan fingerprint density at radius 2 is 2.17 bits per heavy atom. The van der Waals surface area contributed by atoms with E-state index in [9.17, 15) is 4.79 Å². The molecule has 2 aromatic heterocycles. The Morgan fingerprint density at radius 3 is 2.96 bits per heavy atom. The maximum Gasteiger partial charge on any atom is 0.255 e. The highest BCUT2D eigenvalue weighted by atomic mass is 32.1. The number of fused-ring (bicyclic) bond motifs is 1. The predicted octanol–water partition coefficient (Wildman–Crippen LogP) is 2.64. The van der Waals surface area contributed by atoms with Crippen LogP contribution in [-0.4, -0.2) is 40.1 Å². The lowest BCUT2D eigenvalue weighted by Gasteiger charge is -2.23. The molecule has 23 heavy (non-hydrogen) atoms. The van der Waals surface area contributed by atoms with Gasteiger partial charge in [0.2, 0.25) is 0 Å². The van der Waals surface area contributed by atoms with Crippen molar-refractivity contribution in [3.63, 3.8) is 0 Å². The molecule has 1 atom stereocenters. The number of ether oxygens (including phenoxy) is 1. The number of amides is 1. The molecule has 0 unspecified atom stereocenters. The van der Waals surface area contributed by atoms with E-state index in [2.05, 4.69) is 9.55 Å². The maximum absolute atomic E-state index is 12.7. The van der Waals surface area contributed by atoms with Gasteiger partial charge in [0.1, 0.15) is 5.82 Å². The van der Waals surface area contributed by atoms with Crippen molar-refractivity contribution in [2.24, 2.45) is 11.8 Å². The monoisotopic (exact) mass is 331 g/mol. The van der Waals surface area contributed by atoms with Crippen LogP contribution in [0.1, 0.15) is 29.0 Å². The zero-order valence-corrected chi connectivity index (χ0v) is 13.9. The third-order valence-electron chi connectivity index (χ3n) is 4.53. The molecule has 122 valence electrons. The van der Waals surface area contributed by atoms with E-state index in [0.29, 0.717) is 19.1 Å². The third kappa shape index (κ3) is 3.48. The molecular formula is C17H21N3O2S. The number of carbonyl (C=O) groups is 1. The molecule has 1 fully saturated rings. The zero-order valence-electron chi connectivity index (χ0n) is 13.1. The van der Waals surface area contributed by atoms with Gasteiger partial charge in [-0.05, 0) is 30.2 Å². The second-order valence-corrected chi connectivity index (χ2v) is 7.32. The fourth-order valence-electron chi connectivity index (χ4n) is 3.06. The Bertz CT molecular complexity index is 663. The topological polar surface area (TPSA) is 47.4 Å². The van der Waals surface area contributed by atoms with Gasteiger partial charge in [0.25, 0.3) is 5.91 Å². The highest BCUT2D eigenvalue weighted by molar-refractivity contribution is 7.08. The van der Waals surface area contributed by atoms with Gasteiger partial charge in [-0.3, -0.25) is 4.79 Å². The summed E-state index contributed by atoms with van der Waals surface area (Å²) in [6.07, 6.45) is 6.43. The van der Waals surface area contributed by atoms with Crippen LogP contribution in [0.15, 0.2) is 29.2 Å². The quantitative estimate of drug-likeness (QED) is 0.846. The number of carbonyl (C=O) groups excluding carboxylic acids is 1. The number of imidazole rings is 1. The van der Waals surface area contributed by atoms with E-state index in [1.54, 1.807) is 11.3 Å². The number of hydrogen-bond acceptors (Lipinski definition) is 4. The molecular weight excluding hydrogens is 310 g/mol. The summed E-state index contributed by atoms with van der Waals surface area (Å²) in [6, 6.07) is 1.89. The Hall–Kier alpha value is -1.66. The lowest BCUT2D eigenvalue weighted by Crippen LogP contribution is -2.35. The molecule has 1 saturated carbocycles. The maximum atomic E-state index is 12.7. The second-order valence-electron chi connectivity index (χ2n) is 6.54. The molecule has 1 amide bonds. The smallest absolute Gasteiger partial charge is 0.255 e. The molecule has 6 heteroatoms. The van der Waals surface area contributed by atoms with E-state index < -0.39 is 0 Å². The first-order valence-electron chi connectivity index (χ1n) is 8.19. The third-order valence-corrected chi connectivity index (χ3v) is 5.21. The minimum Gasteiger partial charge on any atom is -0.381 e. The first kappa shape index (κ1) is 14.9. The molecule has 1 aliphatic heterocycles. The summed E-state index contributed by atoms with van der Waals surface area (Å²) < 4.78 is 8.05. The summed E-state index contributed by atoms with van der Waals surface area (Å²) in [5, 5.41) is 3.86. The summed E-state index contributed by atoms with van der Waals surface area (Å²) in [4.78, 5) is 19.1. The van der Waals surface area contributed by atoms with Crippen LogP contribution >= 0.6 is 11.3 Å². The summed E-state index contributed by atoms with van der Waals surface area (Å²) in [7, 11) is 0. The van der Waals surface area contributed by atoms with Crippen LogP contribution in [0.4, 0.5) is 0 Å². The zero-order chi connectivity index (χ0) is 15.6. The summed E-state index contributed by atoms with van der Waals surface area (Å²) in [5.74, 6) is 2.13. The minimum atomic E-state index is 0.0925. The molecule has 5 nitrogen and oxygen atoms in total. The van der Waals surface area contributed by atoms with E-state index in [-0.39, 0.29) is 5.91 Å². The molecule has 0 N–H and O–H groups in total. The second kappa shape index (κ2) is 6.45. The SMILES string of the molecule is O=C(c1ccsc1)N1Cc2nccn2C[C@H](COCC2CC2)C1. The normalized spacial score (nSPS) is 21.0. The standard InChI is InChI=1S/C17H21N3O2S/c21-17(15-3-6-23-12-15)20-8-14(11-22-10-13-1-2-13)7-19-5-4-18-16(19)9-20/h3-6,12-14H,1-2,7-11H2/t14-/m0/s1. The van der Waals surface area contributed by atoms with Crippen LogP contribution < -0.4 is 0 Å². The van der Waals surface area contributed by atoms with Gasteiger partial charge in [0.05, 0.1) is 18.7 Å². The first-order valence-corrected chi connectivity index (χ1v) is 9.13. The number of rotatable bonds is 5. The summed E-state index contributed by atoms with van der Waals surface area (Å²) in [6.45, 7) is 3.74. The molecule has 0 bridgehead atoms. The lowest BCUT2D eigenvalue weighted by atomic mass is 10.1. The number of nitrogens with zero attached hydrogens (tertiary/aromatic N) is 3. The van der Waals surface area contributed by atoms with Crippen LogP contribution in [0.2, 0.25) is 0 Å². The van der Waals surface area contributed by atoms with Gasteiger partial charge in [0.15, 0.2) is 0 Å². The molecule has 0 spiro atoms. The van der Waals surface area contributed by atoms with Crippen molar-refractivity contribution in [2.45, 2.75) is 25.9 Å². The minimum absolute atomic E-state index is 0.0925. The van der Waals surface area contributed by atoms with Crippen molar-refractivity contribution in [1.29, 1.82) is 0 Å². The Balaban J connectivity index is 1.48. The van der Waals surface area contributed by atoms with Crippen molar-refractivity contribution in [3.05, 3.63) is 40.6 Å². The van der Waals surface area contributed by atoms with Crippen LogP contribution in [0.5, 0.6) is 0 Å². The molecule has 0 saturated heterocycles. The first-order chi connectivity index (χ1) is 11.3. The number of hydrogen-bond donors (Lipinski definition) is 0. The van der Waals surface area contributed by atoms with E-state index in [0.717, 1.165) is 37.0 Å². The highest BCUT2D eigenvalue weighted by Gasteiger charge is 2.27. The Morgan fingerprint density at radius 1 is 1.30 bits per heavy atom. The van der Waals surface area contributed by atoms with E-state index >= 15 is 0 Å². The van der Waals surface area contributed by atoms with Gasteiger partial charge in [-0.1, -0.05) is 0 Å². The van der Waals surface area contributed by atoms with E-state index in [4.69, 9.17) is 4.74 Å².